The first-order valence-electron chi connectivity index (χ1n) is 7.07. The zero-order valence-electron chi connectivity index (χ0n) is 13.2. The maximum absolute atomic E-state index is 12.1. The number of rotatable bonds is 2. The van der Waals surface area contributed by atoms with Crippen molar-refractivity contribution in [1.82, 2.24) is 10.2 Å². The summed E-state index contributed by atoms with van der Waals surface area (Å²) in [6.45, 7) is 3.87. The van der Waals surface area contributed by atoms with Crippen molar-refractivity contribution in [2.24, 2.45) is 0 Å². The van der Waals surface area contributed by atoms with Crippen molar-refractivity contribution >= 4 is 23.5 Å². The summed E-state index contributed by atoms with van der Waals surface area (Å²) in [4.78, 5) is 34.2. The van der Waals surface area contributed by atoms with Gasteiger partial charge in [0.05, 0.1) is 5.56 Å². The van der Waals surface area contributed by atoms with Crippen molar-refractivity contribution in [3.8, 4) is 0 Å². The molecule has 1 saturated heterocycles. The summed E-state index contributed by atoms with van der Waals surface area (Å²) in [5, 5.41) is 18.1. The van der Waals surface area contributed by atoms with Crippen LogP contribution in [-0.2, 0) is 9.59 Å². The van der Waals surface area contributed by atoms with E-state index in [0.717, 1.165) is 37.4 Å². The van der Waals surface area contributed by atoms with Crippen LogP contribution in [0.3, 0.4) is 0 Å². The van der Waals surface area contributed by atoms with Crippen LogP contribution in [0.25, 0.3) is 0 Å². The molecule has 1 heterocycles. The zero-order chi connectivity index (χ0) is 17.4. The van der Waals surface area contributed by atoms with E-state index in [4.69, 9.17) is 19.8 Å². The number of anilines is 1. The lowest BCUT2D eigenvalue weighted by molar-refractivity contribution is -0.159. The minimum atomic E-state index is -1.82. The van der Waals surface area contributed by atoms with E-state index in [-0.39, 0.29) is 5.91 Å². The molecule has 1 aromatic carbocycles. The number of hydrogen-bond acceptors (Lipinski definition) is 5. The molecule has 0 spiro atoms. The second-order valence-electron chi connectivity index (χ2n) is 5.06. The largest absolute Gasteiger partial charge is 0.473 e. The fourth-order valence-electron chi connectivity index (χ4n) is 2.08. The van der Waals surface area contributed by atoms with Crippen molar-refractivity contribution in [2.45, 2.75) is 0 Å². The summed E-state index contributed by atoms with van der Waals surface area (Å²) in [7, 11) is 3.58. The first-order chi connectivity index (χ1) is 10.8. The van der Waals surface area contributed by atoms with Gasteiger partial charge in [0.25, 0.3) is 5.91 Å². The Morgan fingerprint density at radius 2 is 1.57 bits per heavy atom. The van der Waals surface area contributed by atoms with Gasteiger partial charge in [-0.25, -0.2) is 9.59 Å². The van der Waals surface area contributed by atoms with Crippen LogP contribution in [0, 0.1) is 0 Å². The number of piperazine rings is 1. The summed E-state index contributed by atoms with van der Waals surface area (Å²) >= 11 is 0. The number of carbonyl (C=O) groups is 3. The molecule has 3 N–H and O–H groups in total. The second-order valence-corrected chi connectivity index (χ2v) is 5.06. The third kappa shape index (κ3) is 5.59. The van der Waals surface area contributed by atoms with E-state index >= 15 is 0 Å². The summed E-state index contributed by atoms with van der Waals surface area (Å²) in [5.41, 5.74) is 1.84. The molecule has 8 heteroatoms. The third-order valence-electron chi connectivity index (χ3n) is 3.18. The van der Waals surface area contributed by atoms with Crippen LogP contribution in [0.1, 0.15) is 10.4 Å². The van der Waals surface area contributed by atoms with Crippen molar-refractivity contribution in [3.05, 3.63) is 29.8 Å². The Kier molecular flexibility index (Phi) is 7.01. The predicted molar refractivity (Wildman–Crippen MR) is 84.8 cm³/mol. The Labute approximate surface area is 134 Å². The molecule has 0 aliphatic carbocycles. The molecule has 1 fully saturated rings. The molecular weight excluding hydrogens is 302 g/mol. The maximum Gasteiger partial charge on any atom is 0.414 e. The van der Waals surface area contributed by atoms with E-state index in [1.54, 1.807) is 19.0 Å². The minimum Gasteiger partial charge on any atom is -0.473 e. The highest BCUT2D eigenvalue weighted by atomic mass is 16.4. The van der Waals surface area contributed by atoms with E-state index in [1.165, 1.54) is 0 Å². The van der Waals surface area contributed by atoms with Gasteiger partial charge in [0, 0.05) is 46.0 Å². The smallest absolute Gasteiger partial charge is 0.414 e. The van der Waals surface area contributed by atoms with Gasteiger partial charge in [0.15, 0.2) is 0 Å². The van der Waals surface area contributed by atoms with Crippen molar-refractivity contribution in [3.63, 3.8) is 0 Å². The van der Waals surface area contributed by atoms with E-state index < -0.39 is 11.9 Å². The Balaban J connectivity index is 0.000000379. The molecule has 0 saturated carbocycles. The van der Waals surface area contributed by atoms with Crippen LogP contribution in [-0.4, -0.2) is 73.2 Å². The number of para-hydroxylation sites is 1. The highest BCUT2D eigenvalue weighted by Gasteiger charge is 2.18. The zero-order valence-corrected chi connectivity index (χ0v) is 13.2. The lowest BCUT2D eigenvalue weighted by Crippen LogP contribution is -2.44. The molecule has 0 unspecified atom stereocenters. The van der Waals surface area contributed by atoms with E-state index in [2.05, 4.69) is 10.2 Å². The fraction of sp³-hybridized carbons (Fsp3) is 0.400. The summed E-state index contributed by atoms with van der Waals surface area (Å²) in [5.74, 6) is -3.58. The average Bonchev–Trinajstić information content (AvgIpc) is 2.55. The Morgan fingerprint density at radius 1 is 1.04 bits per heavy atom. The monoisotopic (exact) mass is 323 g/mol. The molecule has 1 aliphatic rings. The van der Waals surface area contributed by atoms with Crippen LogP contribution in [0.4, 0.5) is 5.69 Å². The number of carboxylic acids is 2. The second kappa shape index (κ2) is 8.74. The summed E-state index contributed by atoms with van der Waals surface area (Å²) in [6, 6.07) is 7.84. The number of benzene rings is 1. The standard InChI is InChI=1S/C13H19N3O.C2H2O4/c1-15(2)13(17)11-5-3-4-6-12(11)16-9-7-14-8-10-16;3-1(4)2(5)6/h3-6,14H,7-10H2,1-2H3;(H,3,4)(H,5,6). The normalized spacial score (nSPS) is 13.6. The molecule has 2 rings (SSSR count). The van der Waals surface area contributed by atoms with E-state index in [9.17, 15) is 4.79 Å². The average molecular weight is 323 g/mol. The van der Waals surface area contributed by atoms with Crippen molar-refractivity contribution in [2.75, 3.05) is 45.2 Å². The lowest BCUT2D eigenvalue weighted by Gasteiger charge is -2.31. The van der Waals surface area contributed by atoms with Crippen molar-refractivity contribution < 1.29 is 24.6 Å². The third-order valence-corrected chi connectivity index (χ3v) is 3.18. The quantitative estimate of drug-likeness (QED) is 0.655. The van der Waals surface area contributed by atoms with Gasteiger partial charge in [-0.2, -0.15) is 0 Å². The molecule has 0 atom stereocenters. The Bertz CT molecular complexity index is 556. The first kappa shape index (κ1) is 18.4. The Morgan fingerprint density at radius 3 is 2.04 bits per heavy atom. The molecular formula is C15H21N3O5. The number of carboxylic acid groups (broad SMARTS) is 2. The highest BCUT2D eigenvalue weighted by Crippen LogP contribution is 2.21. The van der Waals surface area contributed by atoms with Gasteiger partial charge in [-0.3, -0.25) is 4.79 Å². The molecule has 0 radical (unpaired) electrons. The van der Waals surface area contributed by atoms with Gasteiger partial charge >= 0.3 is 11.9 Å². The summed E-state index contributed by atoms with van der Waals surface area (Å²) < 4.78 is 0. The molecule has 8 nitrogen and oxygen atoms in total. The van der Waals surface area contributed by atoms with Crippen LogP contribution in [0.2, 0.25) is 0 Å². The molecule has 1 aliphatic heterocycles. The molecule has 1 amide bonds. The molecule has 1 aromatic rings. The van der Waals surface area contributed by atoms with Gasteiger partial charge in [-0.1, -0.05) is 12.1 Å². The van der Waals surface area contributed by atoms with Gasteiger partial charge in [-0.05, 0) is 12.1 Å². The van der Waals surface area contributed by atoms with Crippen LogP contribution < -0.4 is 10.2 Å². The van der Waals surface area contributed by atoms with Crippen molar-refractivity contribution in [1.29, 1.82) is 0 Å². The molecule has 0 aromatic heterocycles. The van der Waals surface area contributed by atoms with E-state index in [0.29, 0.717) is 0 Å². The predicted octanol–water partition coefficient (Wildman–Crippen LogP) is -0.0464. The van der Waals surface area contributed by atoms with Gasteiger partial charge in [0.1, 0.15) is 0 Å². The maximum atomic E-state index is 12.1. The number of nitrogens with zero attached hydrogens (tertiary/aromatic N) is 2. The van der Waals surface area contributed by atoms with Crippen LogP contribution >= 0.6 is 0 Å². The highest BCUT2D eigenvalue weighted by molar-refractivity contribution is 6.27. The molecule has 23 heavy (non-hydrogen) atoms. The van der Waals surface area contributed by atoms with Gasteiger partial charge < -0.3 is 25.3 Å². The number of hydrogen-bond donors (Lipinski definition) is 3. The number of nitrogens with one attached hydrogen (secondary N) is 1. The van der Waals surface area contributed by atoms with Gasteiger partial charge in [-0.15, -0.1) is 0 Å². The topological polar surface area (TPSA) is 110 Å². The number of aliphatic carboxylic acids is 2. The van der Waals surface area contributed by atoms with Crippen LogP contribution in [0.5, 0.6) is 0 Å². The SMILES string of the molecule is CN(C)C(=O)c1ccccc1N1CCNCC1.O=C(O)C(=O)O. The Hall–Kier alpha value is -2.61. The molecule has 126 valence electrons. The fourth-order valence-corrected chi connectivity index (χ4v) is 2.08. The minimum absolute atomic E-state index is 0.0686. The van der Waals surface area contributed by atoms with Crippen LogP contribution in [0.15, 0.2) is 24.3 Å². The number of amides is 1. The number of carbonyl (C=O) groups excluding carboxylic acids is 1. The first-order valence-corrected chi connectivity index (χ1v) is 7.07. The molecule has 0 bridgehead atoms. The summed E-state index contributed by atoms with van der Waals surface area (Å²) in [6.07, 6.45) is 0. The lowest BCUT2D eigenvalue weighted by atomic mass is 10.1. The van der Waals surface area contributed by atoms with E-state index in [1.807, 2.05) is 24.3 Å². The van der Waals surface area contributed by atoms with Gasteiger partial charge in [0.2, 0.25) is 0 Å².